The molecule has 1 aromatic heterocycles. The summed E-state index contributed by atoms with van der Waals surface area (Å²) in [6, 6.07) is 1.19. The summed E-state index contributed by atoms with van der Waals surface area (Å²) in [5, 5.41) is 3.92. The summed E-state index contributed by atoms with van der Waals surface area (Å²) in [5.41, 5.74) is 2.29. The molecule has 0 radical (unpaired) electrons. The average molecular weight is 180 g/mol. The third kappa shape index (κ3) is 1.37. The average Bonchev–Trinajstić information content (AvgIpc) is 2.62. The van der Waals surface area contributed by atoms with E-state index in [1.165, 1.54) is 18.4 Å². The van der Waals surface area contributed by atoms with Crippen molar-refractivity contribution < 1.29 is 4.52 Å². The summed E-state index contributed by atoms with van der Waals surface area (Å²) in [4.78, 5) is 2.40. The highest BCUT2D eigenvalue weighted by atomic mass is 16.5. The summed E-state index contributed by atoms with van der Waals surface area (Å²) in [7, 11) is 2.18. The molecule has 1 fully saturated rings. The molecule has 0 amide bonds. The first-order chi connectivity index (χ1) is 6.20. The van der Waals surface area contributed by atoms with Crippen LogP contribution in [0.4, 0.5) is 0 Å². The number of hydrogen-bond donors (Lipinski definition) is 0. The Morgan fingerprint density at radius 3 is 2.77 bits per heavy atom. The third-order valence-electron chi connectivity index (χ3n) is 3.19. The van der Waals surface area contributed by atoms with Crippen molar-refractivity contribution in [3.05, 3.63) is 17.5 Å². The summed E-state index contributed by atoms with van der Waals surface area (Å²) < 4.78 is 4.96. The summed E-state index contributed by atoms with van der Waals surface area (Å²) in [6.07, 6.45) is 4.28. The van der Waals surface area contributed by atoms with Gasteiger partial charge < -0.3 is 4.52 Å². The lowest BCUT2D eigenvalue weighted by Gasteiger charge is -2.22. The van der Waals surface area contributed by atoms with Crippen molar-refractivity contribution in [2.45, 2.75) is 38.8 Å². The van der Waals surface area contributed by atoms with E-state index in [1.807, 2.05) is 6.92 Å². The fourth-order valence-corrected chi connectivity index (χ4v) is 2.11. The Morgan fingerprint density at radius 1 is 1.54 bits per heavy atom. The minimum absolute atomic E-state index is 0.515. The van der Waals surface area contributed by atoms with E-state index in [1.54, 1.807) is 6.26 Å². The standard InChI is InChI=1S/C10H16N2O/c1-7-4-5-10(12(7)3)9-6-13-11-8(9)2/h6-7,10H,4-5H2,1-3H3/t7-,10+/m1/s1. The molecule has 1 saturated heterocycles. The molecular formula is C10H16N2O. The van der Waals surface area contributed by atoms with Gasteiger partial charge in [0.2, 0.25) is 0 Å². The van der Waals surface area contributed by atoms with Crippen molar-refractivity contribution in [1.82, 2.24) is 10.1 Å². The second-order valence-electron chi connectivity index (χ2n) is 3.96. The highest BCUT2D eigenvalue weighted by Gasteiger charge is 2.30. The highest BCUT2D eigenvalue weighted by molar-refractivity contribution is 5.19. The number of aromatic nitrogens is 1. The molecule has 0 bridgehead atoms. The molecule has 3 nitrogen and oxygen atoms in total. The van der Waals surface area contributed by atoms with Crippen LogP contribution in [0.2, 0.25) is 0 Å². The lowest BCUT2D eigenvalue weighted by atomic mass is 10.1. The van der Waals surface area contributed by atoms with Gasteiger partial charge in [0.1, 0.15) is 6.26 Å². The largest absolute Gasteiger partial charge is 0.364 e. The molecule has 3 heteroatoms. The van der Waals surface area contributed by atoms with Crippen LogP contribution in [0.5, 0.6) is 0 Å². The van der Waals surface area contributed by atoms with Crippen LogP contribution >= 0.6 is 0 Å². The minimum Gasteiger partial charge on any atom is -0.364 e. The van der Waals surface area contributed by atoms with E-state index >= 15 is 0 Å². The van der Waals surface area contributed by atoms with Gasteiger partial charge in [0, 0.05) is 17.6 Å². The molecule has 72 valence electrons. The van der Waals surface area contributed by atoms with Crippen LogP contribution in [-0.4, -0.2) is 23.1 Å². The molecular weight excluding hydrogens is 164 g/mol. The van der Waals surface area contributed by atoms with Crippen LogP contribution in [-0.2, 0) is 0 Å². The zero-order valence-corrected chi connectivity index (χ0v) is 8.45. The minimum atomic E-state index is 0.515. The maximum absolute atomic E-state index is 4.96. The molecule has 0 aliphatic carbocycles. The Kier molecular flexibility index (Phi) is 2.12. The molecule has 0 unspecified atom stereocenters. The molecule has 0 N–H and O–H groups in total. The van der Waals surface area contributed by atoms with Crippen LogP contribution in [0.1, 0.15) is 37.1 Å². The van der Waals surface area contributed by atoms with Gasteiger partial charge in [0.05, 0.1) is 5.69 Å². The number of likely N-dealkylation sites (tertiary alicyclic amines) is 1. The molecule has 0 saturated carbocycles. The van der Waals surface area contributed by atoms with Gasteiger partial charge >= 0.3 is 0 Å². The number of rotatable bonds is 1. The second kappa shape index (κ2) is 3.14. The van der Waals surface area contributed by atoms with E-state index in [4.69, 9.17) is 4.52 Å². The molecule has 2 heterocycles. The van der Waals surface area contributed by atoms with Crippen LogP contribution in [0, 0.1) is 6.92 Å². The monoisotopic (exact) mass is 180 g/mol. The van der Waals surface area contributed by atoms with E-state index in [0.717, 1.165) is 5.69 Å². The molecule has 2 rings (SSSR count). The van der Waals surface area contributed by atoms with Crippen LogP contribution < -0.4 is 0 Å². The Bertz CT molecular complexity index is 295. The number of hydrogen-bond acceptors (Lipinski definition) is 3. The third-order valence-corrected chi connectivity index (χ3v) is 3.19. The topological polar surface area (TPSA) is 29.3 Å². The van der Waals surface area contributed by atoms with Crippen LogP contribution in [0.15, 0.2) is 10.8 Å². The first kappa shape index (κ1) is 8.75. The Balaban J connectivity index is 2.23. The fraction of sp³-hybridized carbons (Fsp3) is 0.700. The lowest BCUT2D eigenvalue weighted by Crippen LogP contribution is -2.24. The van der Waals surface area contributed by atoms with E-state index in [-0.39, 0.29) is 0 Å². The molecule has 1 aliphatic rings. The summed E-state index contributed by atoms with van der Waals surface area (Å²) in [5.74, 6) is 0. The van der Waals surface area contributed by atoms with E-state index in [0.29, 0.717) is 12.1 Å². The van der Waals surface area contributed by atoms with Gasteiger partial charge in [-0.2, -0.15) is 0 Å². The Hall–Kier alpha value is -0.830. The van der Waals surface area contributed by atoms with Crippen molar-refractivity contribution in [2.75, 3.05) is 7.05 Å². The number of aryl methyl sites for hydroxylation is 1. The lowest BCUT2D eigenvalue weighted by molar-refractivity contribution is 0.255. The normalized spacial score (nSPS) is 29.8. The Labute approximate surface area is 78.7 Å². The SMILES string of the molecule is Cc1nocc1[C@@H]1CC[C@@H](C)N1C. The zero-order chi connectivity index (χ0) is 9.42. The first-order valence-electron chi connectivity index (χ1n) is 4.83. The van der Waals surface area contributed by atoms with Crippen LogP contribution in [0.25, 0.3) is 0 Å². The molecule has 0 spiro atoms. The fourth-order valence-electron chi connectivity index (χ4n) is 2.11. The van der Waals surface area contributed by atoms with Crippen LogP contribution in [0.3, 0.4) is 0 Å². The quantitative estimate of drug-likeness (QED) is 0.663. The smallest absolute Gasteiger partial charge is 0.128 e. The van der Waals surface area contributed by atoms with Crippen molar-refractivity contribution in [3.8, 4) is 0 Å². The maximum Gasteiger partial charge on any atom is 0.128 e. The molecule has 1 aromatic rings. The van der Waals surface area contributed by atoms with Gasteiger partial charge in [-0.3, -0.25) is 4.90 Å². The van der Waals surface area contributed by atoms with E-state index in [2.05, 4.69) is 24.0 Å². The summed E-state index contributed by atoms with van der Waals surface area (Å²) >= 11 is 0. The molecule has 2 atom stereocenters. The first-order valence-corrected chi connectivity index (χ1v) is 4.83. The maximum atomic E-state index is 4.96. The van der Waals surface area contributed by atoms with Gasteiger partial charge in [-0.1, -0.05) is 5.16 Å². The Morgan fingerprint density at radius 2 is 2.31 bits per heavy atom. The number of nitrogens with zero attached hydrogens (tertiary/aromatic N) is 2. The van der Waals surface area contributed by atoms with Gasteiger partial charge in [-0.15, -0.1) is 0 Å². The highest BCUT2D eigenvalue weighted by Crippen LogP contribution is 2.35. The van der Waals surface area contributed by atoms with E-state index < -0.39 is 0 Å². The van der Waals surface area contributed by atoms with Crippen molar-refractivity contribution in [3.63, 3.8) is 0 Å². The second-order valence-corrected chi connectivity index (χ2v) is 3.96. The molecule has 13 heavy (non-hydrogen) atoms. The van der Waals surface area contributed by atoms with Gasteiger partial charge in [0.25, 0.3) is 0 Å². The van der Waals surface area contributed by atoms with Crippen molar-refractivity contribution >= 4 is 0 Å². The summed E-state index contributed by atoms with van der Waals surface area (Å²) in [6.45, 7) is 4.28. The van der Waals surface area contributed by atoms with Gasteiger partial charge in [0.15, 0.2) is 0 Å². The van der Waals surface area contributed by atoms with Crippen molar-refractivity contribution in [1.29, 1.82) is 0 Å². The van der Waals surface area contributed by atoms with Gasteiger partial charge in [-0.25, -0.2) is 0 Å². The van der Waals surface area contributed by atoms with Crippen molar-refractivity contribution in [2.24, 2.45) is 0 Å². The molecule has 0 aromatic carbocycles. The van der Waals surface area contributed by atoms with E-state index in [9.17, 15) is 0 Å². The van der Waals surface area contributed by atoms with Gasteiger partial charge in [-0.05, 0) is 33.7 Å². The molecule has 1 aliphatic heterocycles. The predicted octanol–water partition coefficient (Wildman–Crippen LogP) is 2.14. The zero-order valence-electron chi connectivity index (χ0n) is 8.45. The predicted molar refractivity (Wildman–Crippen MR) is 50.4 cm³/mol.